The van der Waals surface area contributed by atoms with Gasteiger partial charge in [0.1, 0.15) is 19.3 Å². The van der Waals surface area contributed by atoms with E-state index in [-0.39, 0.29) is 25.7 Å². The smallest absolute Gasteiger partial charge is 0.462 e. The molecule has 0 aromatic rings. The van der Waals surface area contributed by atoms with Gasteiger partial charge in [0.05, 0.1) is 26.4 Å². The third-order valence-electron chi connectivity index (χ3n) is 16.1. The minimum atomic E-state index is -4.95. The lowest BCUT2D eigenvalue weighted by molar-refractivity contribution is -0.161. The molecule has 0 aliphatic heterocycles. The van der Waals surface area contributed by atoms with Crippen molar-refractivity contribution in [3.8, 4) is 0 Å². The second kappa shape index (κ2) is 60.3. The molecule has 0 aromatic heterocycles. The Hall–Kier alpha value is -1.94. The number of rotatable bonds is 67. The summed E-state index contributed by atoms with van der Waals surface area (Å²) in [6, 6.07) is 0. The van der Waals surface area contributed by atoms with Gasteiger partial charge in [0.2, 0.25) is 0 Å². The molecule has 0 bridgehead atoms. The van der Waals surface area contributed by atoms with Gasteiger partial charge in [-0.1, -0.05) is 292 Å². The number of aliphatic hydroxyl groups excluding tert-OH is 1. The molecular formula is C68H132O17P2. The normalized spacial score (nSPS) is 14.5. The van der Waals surface area contributed by atoms with Gasteiger partial charge in [-0.15, -0.1) is 0 Å². The fraction of sp³-hybridized carbons (Fsp3) is 0.941. The molecule has 0 saturated heterocycles. The Kier molecular flexibility index (Phi) is 59.0. The van der Waals surface area contributed by atoms with Crippen molar-refractivity contribution in [2.75, 3.05) is 39.6 Å². The van der Waals surface area contributed by atoms with Crippen LogP contribution in [-0.4, -0.2) is 96.7 Å². The molecule has 0 fully saturated rings. The highest BCUT2D eigenvalue weighted by Crippen LogP contribution is 2.45. The van der Waals surface area contributed by atoms with Crippen LogP contribution in [0.3, 0.4) is 0 Å². The number of esters is 4. The molecule has 0 spiro atoms. The van der Waals surface area contributed by atoms with Crippen LogP contribution in [0.1, 0.15) is 343 Å². The molecule has 0 aromatic carbocycles. The zero-order valence-corrected chi connectivity index (χ0v) is 58.1. The average Bonchev–Trinajstić information content (AvgIpc) is 3.69. The van der Waals surface area contributed by atoms with Gasteiger partial charge in [0, 0.05) is 25.7 Å². The number of unbranched alkanes of at least 4 members (excludes halogenated alkanes) is 36. The molecule has 0 aliphatic rings. The Bertz CT molecular complexity index is 1700. The Morgan fingerprint density at radius 1 is 0.333 bits per heavy atom. The van der Waals surface area contributed by atoms with E-state index < -0.39 is 97.5 Å². The summed E-state index contributed by atoms with van der Waals surface area (Å²) in [5.41, 5.74) is 0. The third-order valence-corrected chi connectivity index (χ3v) is 18.0. The lowest BCUT2D eigenvalue weighted by atomic mass is 10.00. The van der Waals surface area contributed by atoms with Crippen LogP contribution in [0.5, 0.6) is 0 Å². The number of aliphatic hydroxyl groups is 1. The fourth-order valence-electron chi connectivity index (χ4n) is 10.2. The van der Waals surface area contributed by atoms with E-state index in [2.05, 4.69) is 41.5 Å². The van der Waals surface area contributed by atoms with Crippen LogP contribution in [0.15, 0.2) is 0 Å². The quantitative estimate of drug-likeness (QED) is 0.0222. The van der Waals surface area contributed by atoms with Gasteiger partial charge in [-0.2, -0.15) is 0 Å². The number of hydrogen-bond acceptors (Lipinski definition) is 15. The molecule has 0 saturated carbocycles. The molecule has 3 N–H and O–H groups in total. The second-order valence-corrected chi connectivity index (χ2v) is 28.2. The van der Waals surface area contributed by atoms with Crippen molar-refractivity contribution in [1.29, 1.82) is 0 Å². The van der Waals surface area contributed by atoms with E-state index in [9.17, 15) is 43.2 Å². The van der Waals surface area contributed by atoms with Gasteiger partial charge < -0.3 is 33.8 Å². The number of carbonyl (C=O) groups excluding carboxylic acids is 4. The first-order valence-corrected chi connectivity index (χ1v) is 38.5. The van der Waals surface area contributed by atoms with E-state index >= 15 is 0 Å². The van der Waals surface area contributed by atoms with Crippen molar-refractivity contribution in [3.05, 3.63) is 0 Å². The van der Waals surface area contributed by atoms with E-state index in [1.54, 1.807) is 0 Å². The van der Waals surface area contributed by atoms with Gasteiger partial charge in [-0.3, -0.25) is 37.3 Å². The SMILES string of the molecule is CCCCCCCCCCCCCCCCCCC(=O)O[C@H](COC(=O)CCCCCCCCCCCCCC)COP(=O)(O)OC[C@@H](O)COP(=O)(O)OC[C@@H](COC(=O)CCCCCCCCC(C)C)OC(=O)CCCCCCCCC(C)CC. The van der Waals surface area contributed by atoms with E-state index in [0.717, 1.165) is 102 Å². The van der Waals surface area contributed by atoms with Gasteiger partial charge >= 0.3 is 39.5 Å². The predicted octanol–water partition coefficient (Wildman–Crippen LogP) is 19.2. The van der Waals surface area contributed by atoms with Crippen LogP contribution in [0.25, 0.3) is 0 Å². The molecule has 516 valence electrons. The lowest BCUT2D eigenvalue weighted by Gasteiger charge is -2.21. The van der Waals surface area contributed by atoms with Crippen molar-refractivity contribution >= 4 is 39.5 Å². The average molecular weight is 1280 g/mol. The second-order valence-electron chi connectivity index (χ2n) is 25.3. The maximum absolute atomic E-state index is 13.0. The van der Waals surface area contributed by atoms with Crippen molar-refractivity contribution in [3.63, 3.8) is 0 Å². The highest BCUT2D eigenvalue weighted by Gasteiger charge is 2.30. The summed E-state index contributed by atoms with van der Waals surface area (Å²) < 4.78 is 68.1. The summed E-state index contributed by atoms with van der Waals surface area (Å²) >= 11 is 0. The van der Waals surface area contributed by atoms with Crippen LogP contribution in [0, 0.1) is 11.8 Å². The number of ether oxygens (including phenoxy) is 4. The van der Waals surface area contributed by atoms with Crippen LogP contribution >= 0.6 is 15.6 Å². The van der Waals surface area contributed by atoms with Crippen molar-refractivity contribution in [2.45, 2.75) is 362 Å². The van der Waals surface area contributed by atoms with Gasteiger partial charge in [-0.05, 0) is 37.5 Å². The van der Waals surface area contributed by atoms with Crippen molar-refractivity contribution in [1.82, 2.24) is 0 Å². The van der Waals surface area contributed by atoms with Gasteiger partial charge in [0.25, 0.3) is 0 Å². The molecule has 0 amide bonds. The zero-order valence-electron chi connectivity index (χ0n) is 56.3. The minimum Gasteiger partial charge on any atom is -0.462 e. The summed E-state index contributed by atoms with van der Waals surface area (Å²) in [4.78, 5) is 72.4. The number of hydrogen-bond donors (Lipinski definition) is 3. The molecular weight excluding hydrogens is 1150 g/mol. The third kappa shape index (κ3) is 61.3. The van der Waals surface area contributed by atoms with Crippen LogP contribution in [0.4, 0.5) is 0 Å². The standard InChI is InChI=1S/C68H132O17P2/c1-7-10-12-14-16-18-20-22-23-24-25-27-29-31-40-46-52-67(72)84-63(56-78-65(70)50-44-38-30-28-26-21-19-17-15-13-11-8-2)58-82-86(74,75)80-54-62(69)55-81-87(76,77)83-59-64(57-79-66(71)51-45-39-34-32-36-42-48-60(4)5)85-68(73)53-47-41-35-33-37-43-49-61(6)9-3/h60-64,69H,7-59H2,1-6H3,(H,74,75)(H,76,77)/t61?,62-,63-,64-/m1/s1. The summed E-state index contributed by atoms with van der Waals surface area (Å²) in [5, 5.41) is 10.6. The summed E-state index contributed by atoms with van der Waals surface area (Å²) in [6.07, 6.45) is 44.6. The largest absolute Gasteiger partial charge is 0.472 e. The predicted molar refractivity (Wildman–Crippen MR) is 349 cm³/mol. The molecule has 0 rings (SSSR count). The first-order chi connectivity index (χ1) is 41.9. The maximum atomic E-state index is 13.0. The van der Waals surface area contributed by atoms with E-state index in [0.29, 0.717) is 31.6 Å². The van der Waals surface area contributed by atoms with Crippen molar-refractivity contribution in [2.24, 2.45) is 11.8 Å². The maximum Gasteiger partial charge on any atom is 0.472 e. The number of phosphoric acid groups is 2. The zero-order chi connectivity index (χ0) is 64.3. The van der Waals surface area contributed by atoms with Crippen LogP contribution in [0.2, 0.25) is 0 Å². The van der Waals surface area contributed by atoms with Crippen molar-refractivity contribution < 1.29 is 80.2 Å². The summed E-state index contributed by atoms with van der Waals surface area (Å²) in [5.74, 6) is -0.731. The molecule has 0 heterocycles. The van der Waals surface area contributed by atoms with E-state index in [1.807, 2.05) is 0 Å². The Balaban J connectivity index is 5.23. The minimum absolute atomic E-state index is 0.102. The fourth-order valence-corrected chi connectivity index (χ4v) is 11.8. The van der Waals surface area contributed by atoms with Gasteiger partial charge in [-0.25, -0.2) is 9.13 Å². The highest BCUT2D eigenvalue weighted by molar-refractivity contribution is 7.47. The molecule has 19 heteroatoms. The Morgan fingerprint density at radius 3 is 0.874 bits per heavy atom. The van der Waals surface area contributed by atoms with Crippen LogP contribution in [-0.2, 0) is 65.4 Å². The Labute approximate surface area is 530 Å². The topological polar surface area (TPSA) is 237 Å². The summed E-state index contributed by atoms with van der Waals surface area (Å²) in [6.45, 7) is 9.40. The first-order valence-electron chi connectivity index (χ1n) is 35.5. The van der Waals surface area contributed by atoms with E-state index in [1.165, 1.54) is 154 Å². The molecule has 0 aliphatic carbocycles. The monoisotopic (exact) mass is 1280 g/mol. The summed E-state index contributed by atoms with van der Waals surface area (Å²) in [7, 11) is -9.89. The molecule has 0 radical (unpaired) electrons. The van der Waals surface area contributed by atoms with Gasteiger partial charge in [0.15, 0.2) is 12.2 Å². The Morgan fingerprint density at radius 2 is 0.586 bits per heavy atom. The molecule has 17 nitrogen and oxygen atoms in total. The molecule has 3 unspecified atom stereocenters. The molecule has 87 heavy (non-hydrogen) atoms. The molecule has 6 atom stereocenters. The number of phosphoric ester groups is 2. The number of carbonyl (C=O) groups is 4. The van der Waals surface area contributed by atoms with Crippen LogP contribution < -0.4 is 0 Å². The van der Waals surface area contributed by atoms with E-state index in [4.69, 9.17) is 37.0 Å². The highest BCUT2D eigenvalue weighted by atomic mass is 31.2. The lowest BCUT2D eigenvalue weighted by Crippen LogP contribution is -2.30. The first kappa shape index (κ1) is 85.1.